The van der Waals surface area contributed by atoms with Gasteiger partial charge in [-0.2, -0.15) is 5.26 Å². The summed E-state index contributed by atoms with van der Waals surface area (Å²) in [5, 5.41) is 23.3. The van der Waals surface area contributed by atoms with E-state index in [1.54, 1.807) is 6.07 Å². The van der Waals surface area contributed by atoms with Crippen molar-refractivity contribution in [3.63, 3.8) is 0 Å². The highest BCUT2D eigenvalue weighted by Gasteiger charge is 2.33. The van der Waals surface area contributed by atoms with E-state index in [-0.39, 0.29) is 11.3 Å². The van der Waals surface area contributed by atoms with E-state index < -0.39 is 4.92 Å². The lowest BCUT2D eigenvalue weighted by Crippen LogP contribution is -2.40. The molecule has 2 aliphatic rings. The molecule has 2 fully saturated rings. The first-order valence-corrected chi connectivity index (χ1v) is 6.83. The first kappa shape index (κ1) is 12.9. The van der Waals surface area contributed by atoms with Gasteiger partial charge in [-0.25, -0.2) is 0 Å². The number of rotatable bonds is 2. The highest BCUT2D eigenvalue weighted by atomic mass is 16.6. The van der Waals surface area contributed by atoms with Gasteiger partial charge < -0.3 is 10.2 Å². The van der Waals surface area contributed by atoms with Gasteiger partial charge in [0.2, 0.25) is 0 Å². The predicted octanol–water partition coefficient (Wildman–Crippen LogP) is 1.51. The molecule has 104 valence electrons. The number of nitro benzene ring substituents is 1. The maximum Gasteiger partial charge on any atom is 0.289 e. The quantitative estimate of drug-likeness (QED) is 0.652. The number of fused-ring (bicyclic) bond motifs is 1. The Morgan fingerprint density at radius 3 is 2.95 bits per heavy atom. The fourth-order valence-electron chi connectivity index (χ4n) is 3.23. The smallest absolute Gasteiger partial charge is 0.289 e. The van der Waals surface area contributed by atoms with E-state index in [0.29, 0.717) is 5.92 Å². The van der Waals surface area contributed by atoms with E-state index in [4.69, 9.17) is 5.26 Å². The van der Waals surface area contributed by atoms with Crippen LogP contribution >= 0.6 is 0 Å². The summed E-state index contributed by atoms with van der Waals surface area (Å²) in [6.07, 6.45) is 1.12. The Labute approximate surface area is 117 Å². The van der Waals surface area contributed by atoms with Crippen molar-refractivity contribution in [1.29, 1.82) is 5.26 Å². The van der Waals surface area contributed by atoms with Crippen LogP contribution in [0.5, 0.6) is 0 Å². The molecule has 0 amide bonds. The fraction of sp³-hybridized carbons (Fsp3) is 0.500. The van der Waals surface area contributed by atoms with Crippen LogP contribution in [0.1, 0.15) is 12.0 Å². The minimum Gasteiger partial charge on any atom is -0.371 e. The molecule has 20 heavy (non-hydrogen) atoms. The van der Waals surface area contributed by atoms with Gasteiger partial charge in [-0.15, -0.1) is 0 Å². The Hall–Kier alpha value is -2.13. The molecule has 0 aliphatic carbocycles. The minimum absolute atomic E-state index is 0.100. The number of benzene rings is 1. The third-order valence-electron chi connectivity index (χ3n) is 4.37. The number of nitrogens with zero attached hydrogens (tertiary/aromatic N) is 3. The summed E-state index contributed by atoms with van der Waals surface area (Å²) in [5.41, 5.74) is 0.869. The van der Waals surface area contributed by atoms with Gasteiger partial charge >= 0.3 is 0 Å². The summed E-state index contributed by atoms with van der Waals surface area (Å²) in [4.78, 5) is 12.7. The predicted molar refractivity (Wildman–Crippen MR) is 74.5 cm³/mol. The zero-order valence-electron chi connectivity index (χ0n) is 11.1. The van der Waals surface area contributed by atoms with Crippen LogP contribution in [0.25, 0.3) is 0 Å². The van der Waals surface area contributed by atoms with Crippen LogP contribution in [0.4, 0.5) is 11.4 Å². The summed E-state index contributed by atoms with van der Waals surface area (Å²) >= 11 is 0. The van der Waals surface area contributed by atoms with Gasteiger partial charge in [0.1, 0.15) is 11.6 Å². The first-order valence-electron chi connectivity index (χ1n) is 6.83. The number of anilines is 1. The molecule has 6 nitrogen and oxygen atoms in total. The molecular weight excluding hydrogens is 256 g/mol. The van der Waals surface area contributed by atoms with E-state index in [9.17, 15) is 10.1 Å². The van der Waals surface area contributed by atoms with Gasteiger partial charge in [0.05, 0.1) is 4.92 Å². The third kappa shape index (κ3) is 2.21. The van der Waals surface area contributed by atoms with Gasteiger partial charge in [0.15, 0.2) is 0 Å². The van der Waals surface area contributed by atoms with Crippen molar-refractivity contribution < 1.29 is 4.92 Å². The molecule has 1 N–H and O–H groups in total. The number of nitriles is 1. The highest BCUT2D eigenvalue weighted by Crippen LogP contribution is 2.32. The zero-order chi connectivity index (χ0) is 14.1. The molecule has 2 aliphatic heterocycles. The van der Waals surface area contributed by atoms with Crippen LogP contribution in [0.3, 0.4) is 0 Å². The largest absolute Gasteiger partial charge is 0.371 e. The fourth-order valence-corrected chi connectivity index (χ4v) is 3.23. The second-order valence-corrected chi connectivity index (χ2v) is 5.48. The molecule has 0 bridgehead atoms. The van der Waals surface area contributed by atoms with Crippen molar-refractivity contribution in [3.8, 4) is 6.07 Å². The van der Waals surface area contributed by atoms with E-state index in [0.717, 1.165) is 44.2 Å². The van der Waals surface area contributed by atoms with Crippen LogP contribution in [-0.4, -0.2) is 31.1 Å². The van der Waals surface area contributed by atoms with Crippen molar-refractivity contribution in [3.05, 3.63) is 33.9 Å². The average molecular weight is 272 g/mol. The number of piperidine rings is 1. The van der Waals surface area contributed by atoms with Crippen molar-refractivity contribution >= 4 is 11.4 Å². The Morgan fingerprint density at radius 2 is 2.20 bits per heavy atom. The molecular formula is C14H16N4O2. The summed E-state index contributed by atoms with van der Waals surface area (Å²) in [6, 6.07) is 6.76. The topological polar surface area (TPSA) is 82.2 Å². The molecule has 0 radical (unpaired) electrons. The number of nitro groups is 1. The van der Waals surface area contributed by atoms with Crippen LogP contribution in [0, 0.1) is 33.3 Å². The molecule has 0 saturated carbocycles. The van der Waals surface area contributed by atoms with Crippen molar-refractivity contribution in [2.45, 2.75) is 6.42 Å². The first-order chi connectivity index (χ1) is 9.69. The number of hydrogen-bond donors (Lipinski definition) is 1. The van der Waals surface area contributed by atoms with Crippen LogP contribution in [-0.2, 0) is 0 Å². The Balaban J connectivity index is 1.85. The average Bonchev–Trinajstić information content (AvgIpc) is 2.93. The Morgan fingerprint density at radius 1 is 1.40 bits per heavy atom. The minimum atomic E-state index is -0.480. The number of nitrogens with one attached hydrogen (secondary N) is 1. The summed E-state index contributed by atoms with van der Waals surface area (Å²) in [7, 11) is 0. The molecule has 2 saturated heterocycles. The standard InChI is InChI=1S/C14H16N4O2/c15-6-10-1-2-13(5-14(10)18(19)20)17-4-3-11-7-16-8-12(11)9-17/h1-2,5,11-12,16H,3-4,7-9H2. The van der Waals surface area contributed by atoms with E-state index in [1.807, 2.05) is 12.1 Å². The Bertz CT molecular complexity index is 581. The molecule has 0 spiro atoms. The molecule has 2 atom stereocenters. The van der Waals surface area contributed by atoms with Crippen molar-refractivity contribution in [2.75, 3.05) is 31.1 Å². The Kier molecular flexibility index (Phi) is 3.28. The molecule has 2 unspecified atom stereocenters. The molecule has 6 heteroatoms. The molecule has 1 aromatic carbocycles. The monoisotopic (exact) mass is 272 g/mol. The molecule has 2 heterocycles. The van der Waals surface area contributed by atoms with Crippen LogP contribution < -0.4 is 10.2 Å². The second-order valence-electron chi connectivity index (χ2n) is 5.48. The lowest BCUT2D eigenvalue weighted by atomic mass is 9.88. The van der Waals surface area contributed by atoms with E-state index in [2.05, 4.69) is 10.2 Å². The normalized spacial score (nSPS) is 25.1. The lowest BCUT2D eigenvalue weighted by Gasteiger charge is -2.36. The van der Waals surface area contributed by atoms with Crippen LogP contribution in [0.15, 0.2) is 18.2 Å². The maximum absolute atomic E-state index is 11.0. The zero-order valence-corrected chi connectivity index (χ0v) is 11.1. The summed E-state index contributed by atoms with van der Waals surface area (Å²) in [5.74, 6) is 1.36. The summed E-state index contributed by atoms with van der Waals surface area (Å²) < 4.78 is 0. The highest BCUT2D eigenvalue weighted by molar-refractivity contribution is 5.60. The van der Waals surface area contributed by atoms with E-state index in [1.165, 1.54) is 6.07 Å². The van der Waals surface area contributed by atoms with Gasteiger partial charge in [-0.1, -0.05) is 0 Å². The van der Waals surface area contributed by atoms with Crippen molar-refractivity contribution in [2.24, 2.45) is 11.8 Å². The maximum atomic E-state index is 11.0. The molecule has 1 aromatic rings. The molecule has 0 aromatic heterocycles. The number of hydrogen-bond acceptors (Lipinski definition) is 5. The van der Waals surface area contributed by atoms with Gasteiger partial charge in [-0.05, 0) is 43.5 Å². The van der Waals surface area contributed by atoms with Gasteiger partial charge in [-0.3, -0.25) is 10.1 Å². The third-order valence-corrected chi connectivity index (χ3v) is 4.37. The van der Waals surface area contributed by atoms with E-state index >= 15 is 0 Å². The summed E-state index contributed by atoms with van der Waals surface area (Å²) in [6.45, 7) is 3.97. The molecule has 3 rings (SSSR count). The van der Waals surface area contributed by atoms with Gasteiger partial charge in [0.25, 0.3) is 5.69 Å². The second kappa shape index (κ2) is 5.10. The van der Waals surface area contributed by atoms with Crippen LogP contribution in [0.2, 0.25) is 0 Å². The van der Waals surface area contributed by atoms with Crippen molar-refractivity contribution in [1.82, 2.24) is 5.32 Å². The van der Waals surface area contributed by atoms with Gasteiger partial charge in [0, 0.05) is 24.8 Å². The SMILES string of the molecule is N#Cc1ccc(N2CCC3CNCC3C2)cc1[N+](=O)[O-]. The lowest BCUT2D eigenvalue weighted by molar-refractivity contribution is -0.385.